The minimum Gasteiger partial charge on any atom is -0.385 e. The molecule has 0 aliphatic heterocycles. The molecule has 0 saturated heterocycles. The molecule has 0 atom stereocenters. The first-order chi connectivity index (χ1) is 9.85. The third-order valence-electron chi connectivity index (χ3n) is 2.87. The number of nitrogens with zero attached hydrogens (tertiary/aromatic N) is 4. The van der Waals surface area contributed by atoms with Crippen molar-refractivity contribution < 1.29 is 9.47 Å². The first kappa shape index (κ1) is 14.5. The van der Waals surface area contributed by atoms with Crippen LogP contribution in [0.15, 0.2) is 24.8 Å². The van der Waals surface area contributed by atoms with Gasteiger partial charge in [-0.1, -0.05) is 0 Å². The van der Waals surface area contributed by atoms with Crippen molar-refractivity contribution in [3.05, 3.63) is 24.8 Å². The standard InChI is InChI=1S/C13H21N5O2/c1-19-8-3-4-14-13-15-5-6-18(13)12-10-16-17(11-12)7-9-20-2/h5-6,10-11H,3-4,7-9H2,1-2H3,(H,14,15). The van der Waals surface area contributed by atoms with Crippen LogP contribution in [0.5, 0.6) is 0 Å². The van der Waals surface area contributed by atoms with E-state index in [1.165, 1.54) is 0 Å². The highest BCUT2D eigenvalue weighted by Crippen LogP contribution is 2.13. The van der Waals surface area contributed by atoms with Crippen molar-refractivity contribution in [3.8, 4) is 5.69 Å². The van der Waals surface area contributed by atoms with Crippen molar-refractivity contribution in [2.45, 2.75) is 13.0 Å². The van der Waals surface area contributed by atoms with E-state index in [2.05, 4.69) is 15.4 Å². The highest BCUT2D eigenvalue weighted by Gasteiger charge is 2.06. The quantitative estimate of drug-likeness (QED) is 0.698. The van der Waals surface area contributed by atoms with Gasteiger partial charge in [-0.3, -0.25) is 9.25 Å². The van der Waals surface area contributed by atoms with Gasteiger partial charge in [0.25, 0.3) is 0 Å². The molecule has 1 N–H and O–H groups in total. The lowest BCUT2D eigenvalue weighted by Gasteiger charge is -2.07. The third kappa shape index (κ3) is 3.82. The van der Waals surface area contributed by atoms with Gasteiger partial charge >= 0.3 is 0 Å². The number of hydrogen-bond acceptors (Lipinski definition) is 5. The Hall–Kier alpha value is -1.86. The summed E-state index contributed by atoms with van der Waals surface area (Å²) in [5.41, 5.74) is 0.979. The van der Waals surface area contributed by atoms with Crippen LogP contribution in [-0.4, -0.2) is 53.3 Å². The third-order valence-corrected chi connectivity index (χ3v) is 2.87. The lowest BCUT2D eigenvalue weighted by molar-refractivity contribution is 0.183. The smallest absolute Gasteiger partial charge is 0.207 e. The van der Waals surface area contributed by atoms with Gasteiger partial charge in [0.15, 0.2) is 0 Å². The van der Waals surface area contributed by atoms with Gasteiger partial charge in [-0.05, 0) is 6.42 Å². The first-order valence-corrected chi connectivity index (χ1v) is 6.63. The minimum absolute atomic E-state index is 0.646. The summed E-state index contributed by atoms with van der Waals surface area (Å²) < 4.78 is 13.9. The van der Waals surface area contributed by atoms with Crippen molar-refractivity contribution in [1.29, 1.82) is 0 Å². The molecule has 7 heteroatoms. The molecule has 0 aliphatic rings. The maximum Gasteiger partial charge on any atom is 0.207 e. The van der Waals surface area contributed by atoms with Crippen molar-refractivity contribution in [2.75, 3.05) is 39.3 Å². The van der Waals surface area contributed by atoms with Crippen molar-refractivity contribution in [2.24, 2.45) is 0 Å². The summed E-state index contributed by atoms with van der Waals surface area (Å²) in [4.78, 5) is 4.31. The average molecular weight is 279 g/mol. The van der Waals surface area contributed by atoms with Gasteiger partial charge in [0.1, 0.15) is 0 Å². The number of rotatable bonds is 9. The molecule has 2 aromatic rings. The van der Waals surface area contributed by atoms with Gasteiger partial charge in [-0.15, -0.1) is 0 Å². The van der Waals surface area contributed by atoms with Crippen LogP contribution in [0.25, 0.3) is 5.69 Å². The molecule has 110 valence electrons. The summed E-state index contributed by atoms with van der Waals surface area (Å²) in [5.74, 6) is 0.812. The molecular weight excluding hydrogens is 258 g/mol. The van der Waals surface area contributed by atoms with E-state index in [0.717, 1.165) is 37.8 Å². The molecule has 0 spiro atoms. The summed E-state index contributed by atoms with van der Waals surface area (Å²) in [5, 5.41) is 7.59. The first-order valence-electron chi connectivity index (χ1n) is 6.63. The molecule has 7 nitrogen and oxygen atoms in total. The molecule has 0 bridgehead atoms. The van der Waals surface area contributed by atoms with E-state index >= 15 is 0 Å². The fraction of sp³-hybridized carbons (Fsp3) is 0.538. The van der Waals surface area contributed by atoms with Crippen LogP contribution in [0.2, 0.25) is 0 Å². The Bertz CT molecular complexity index is 508. The average Bonchev–Trinajstić information content (AvgIpc) is 3.10. The van der Waals surface area contributed by atoms with E-state index in [0.29, 0.717) is 6.61 Å². The molecule has 20 heavy (non-hydrogen) atoms. The van der Waals surface area contributed by atoms with E-state index in [1.807, 2.05) is 27.8 Å². The number of aromatic nitrogens is 4. The van der Waals surface area contributed by atoms with Crippen molar-refractivity contribution >= 4 is 5.95 Å². The second-order valence-electron chi connectivity index (χ2n) is 4.35. The zero-order chi connectivity index (χ0) is 14.2. The molecule has 0 saturated carbocycles. The number of methoxy groups -OCH3 is 2. The molecule has 0 unspecified atom stereocenters. The van der Waals surface area contributed by atoms with Crippen LogP contribution in [0, 0.1) is 0 Å². The molecule has 0 radical (unpaired) electrons. The molecule has 2 heterocycles. The Morgan fingerprint density at radius 1 is 1.25 bits per heavy atom. The topological polar surface area (TPSA) is 66.1 Å². The fourth-order valence-corrected chi connectivity index (χ4v) is 1.84. The summed E-state index contributed by atoms with van der Waals surface area (Å²) in [7, 11) is 3.39. The molecule has 0 aromatic carbocycles. The van der Waals surface area contributed by atoms with E-state index in [-0.39, 0.29) is 0 Å². The summed E-state index contributed by atoms with van der Waals surface area (Å²) in [6, 6.07) is 0. The monoisotopic (exact) mass is 279 g/mol. The lowest BCUT2D eigenvalue weighted by atomic mass is 10.4. The van der Waals surface area contributed by atoms with Crippen LogP contribution in [0.3, 0.4) is 0 Å². The van der Waals surface area contributed by atoms with Gasteiger partial charge in [-0.25, -0.2) is 4.98 Å². The Morgan fingerprint density at radius 2 is 2.10 bits per heavy atom. The van der Waals surface area contributed by atoms with Crippen LogP contribution in [0.1, 0.15) is 6.42 Å². The van der Waals surface area contributed by atoms with E-state index < -0.39 is 0 Å². The van der Waals surface area contributed by atoms with Gasteiger partial charge in [0.2, 0.25) is 5.95 Å². The summed E-state index contributed by atoms with van der Waals surface area (Å²) in [6.45, 7) is 2.94. The molecule has 0 fully saturated rings. The highest BCUT2D eigenvalue weighted by atomic mass is 16.5. The van der Waals surface area contributed by atoms with Gasteiger partial charge in [-0.2, -0.15) is 5.10 Å². The molecule has 2 aromatic heterocycles. The second-order valence-corrected chi connectivity index (χ2v) is 4.35. The molecular formula is C13H21N5O2. The predicted octanol–water partition coefficient (Wildman–Crippen LogP) is 1.16. The summed E-state index contributed by atoms with van der Waals surface area (Å²) in [6.07, 6.45) is 8.41. The van der Waals surface area contributed by atoms with Gasteiger partial charge in [0, 0.05) is 46.0 Å². The number of hydrogen-bond donors (Lipinski definition) is 1. The minimum atomic E-state index is 0.646. The Balaban J connectivity index is 1.98. The molecule has 2 rings (SSSR count). The van der Waals surface area contributed by atoms with Gasteiger partial charge < -0.3 is 14.8 Å². The number of ether oxygens (including phenoxy) is 2. The highest BCUT2D eigenvalue weighted by molar-refractivity contribution is 5.39. The SMILES string of the molecule is COCCCNc1nccn1-c1cnn(CCOC)c1. The Morgan fingerprint density at radius 3 is 2.90 bits per heavy atom. The van der Waals surface area contributed by atoms with Crippen LogP contribution in [-0.2, 0) is 16.0 Å². The zero-order valence-corrected chi connectivity index (χ0v) is 12.0. The van der Waals surface area contributed by atoms with Crippen LogP contribution < -0.4 is 5.32 Å². The zero-order valence-electron chi connectivity index (χ0n) is 12.0. The van der Waals surface area contributed by atoms with E-state index in [4.69, 9.17) is 9.47 Å². The fourth-order valence-electron chi connectivity index (χ4n) is 1.84. The van der Waals surface area contributed by atoms with Crippen LogP contribution >= 0.6 is 0 Å². The maximum atomic E-state index is 5.04. The second kappa shape index (κ2) is 7.66. The lowest BCUT2D eigenvalue weighted by Crippen LogP contribution is -2.09. The predicted molar refractivity (Wildman–Crippen MR) is 76.2 cm³/mol. The number of imidazole rings is 1. The normalized spacial score (nSPS) is 10.9. The number of nitrogens with one attached hydrogen (secondary N) is 1. The van der Waals surface area contributed by atoms with Gasteiger partial charge in [0.05, 0.1) is 25.0 Å². The Kier molecular flexibility index (Phi) is 5.57. The van der Waals surface area contributed by atoms with E-state index in [9.17, 15) is 0 Å². The maximum absolute atomic E-state index is 5.04. The summed E-state index contributed by atoms with van der Waals surface area (Å²) >= 11 is 0. The van der Waals surface area contributed by atoms with Crippen LogP contribution in [0.4, 0.5) is 5.95 Å². The molecule has 0 amide bonds. The largest absolute Gasteiger partial charge is 0.385 e. The van der Waals surface area contributed by atoms with Crippen molar-refractivity contribution in [3.63, 3.8) is 0 Å². The van der Waals surface area contributed by atoms with Crippen molar-refractivity contribution in [1.82, 2.24) is 19.3 Å². The number of anilines is 1. The van der Waals surface area contributed by atoms with E-state index in [1.54, 1.807) is 20.4 Å². The molecule has 0 aliphatic carbocycles. The Labute approximate surface area is 118 Å².